The van der Waals surface area contributed by atoms with E-state index in [0.29, 0.717) is 18.8 Å². The Balaban J connectivity index is 2.17. The number of amidine groups is 1. The number of nitrogens with zero attached hydrogens (tertiary/aromatic N) is 2. The third kappa shape index (κ3) is 2.43. The summed E-state index contributed by atoms with van der Waals surface area (Å²) < 4.78 is 23.2. The summed E-state index contributed by atoms with van der Waals surface area (Å²) in [5.74, 6) is 0.303. The molecular formula is C11H11Cl2N3O3S2. The molecule has 1 unspecified atom stereocenters. The number of aliphatic imine (C=N–C) groups is 1. The van der Waals surface area contributed by atoms with Crippen LogP contribution in [0, 0.1) is 0 Å². The van der Waals surface area contributed by atoms with E-state index in [1.807, 2.05) is 0 Å². The zero-order valence-electron chi connectivity index (χ0n) is 10.6. The van der Waals surface area contributed by atoms with Crippen LogP contribution >= 0.6 is 35.0 Å². The van der Waals surface area contributed by atoms with Crippen LogP contribution in [0.4, 0.5) is 0 Å². The number of aliphatic hydroxyl groups is 1. The molecule has 2 aliphatic rings. The van der Waals surface area contributed by atoms with Crippen molar-refractivity contribution in [1.82, 2.24) is 4.90 Å². The van der Waals surface area contributed by atoms with Gasteiger partial charge in [-0.15, -0.1) is 0 Å². The van der Waals surface area contributed by atoms with Crippen LogP contribution in [-0.4, -0.2) is 42.4 Å². The van der Waals surface area contributed by atoms with E-state index in [9.17, 15) is 13.5 Å². The highest BCUT2D eigenvalue weighted by Crippen LogP contribution is 2.44. The van der Waals surface area contributed by atoms with Crippen molar-refractivity contribution in [2.45, 2.75) is 10.6 Å². The average molecular weight is 368 g/mol. The number of halogens is 2. The van der Waals surface area contributed by atoms with Gasteiger partial charge in [0.15, 0.2) is 10.9 Å². The minimum absolute atomic E-state index is 0.0733. The van der Waals surface area contributed by atoms with E-state index in [0.717, 1.165) is 5.17 Å². The summed E-state index contributed by atoms with van der Waals surface area (Å²) in [5, 5.41) is 16.9. The molecule has 2 aliphatic heterocycles. The molecule has 1 atom stereocenters. The monoisotopic (exact) mass is 367 g/mol. The summed E-state index contributed by atoms with van der Waals surface area (Å²) in [6.07, 6.45) is 0. The van der Waals surface area contributed by atoms with E-state index in [-0.39, 0.29) is 20.5 Å². The van der Waals surface area contributed by atoms with Gasteiger partial charge in [0.25, 0.3) is 0 Å². The van der Waals surface area contributed by atoms with Crippen LogP contribution in [0.15, 0.2) is 22.0 Å². The second-order valence-electron chi connectivity index (χ2n) is 4.73. The number of benzene rings is 1. The first-order valence-electron chi connectivity index (χ1n) is 5.93. The number of fused-ring (bicyclic) bond motifs is 1. The molecule has 0 amide bonds. The molecule has 1 aromatic carbocycles. The predicted molar refractivity (Wildman–Crippen MR) is 83.2 cm³/mol. The number of hydrogen-bond donors (Lipinski definition) is 2. The highest BCUT2D eigenvalue weighted by Gasteiger charge is 2.47. The maximum absolute atomic E-state index is 11.6. The third-order valence-electron chi connectivity index (χ3n) is 3.41. The maximum atomic E-state index is 11.6. The number of nitrogens with two attached hydrogens (primary N) is 1. The van der Waals surface area contributed by atoms with E-state index in [1.54, 1.807) is 4.90 Å². The summed E-state index contributed by atoms with van der Waals surface area (Å²) in [6.45, 7) is 1.13. The fourth-order valence-electron chi connectivity index (χ4n) is 2.41. The maximum Gasteiger partial charge on any atom is 0.239 e. The van der Waals surface area contributed by atoms with E-state index >= 15 is 0 Å². The quantitative estimate of drug-likeness (QED) is 0.818. The Morgan fingerprint density at radius 2 is 2.10 bits per heavy atom. The Morgan fingerprint density at radius 1 is 1.38 bits per heavy atom. The van der Waals surface area contributed by atoms with Crippen molar-refractivity contribution in [2.75, 3.05) is 18.8 Å². The number of hydrogen-bond acceptors (Lipinski definition) is 6. The van der Waals surface area contributed by atoms with Crippen LogP contribution in [0.5, 0.6) is 0 Å². The molecule has 0 spiro atoms. The zero-order valence-corrected chi connectivity index (χ0v) is 13.7. The van der Waals surface area contributed by atoms with Crippen LogP contribution in [0.25, 0.3) is 0 Å². The average Bonchev–Trinajstić information content (AvgIpc) is 2.92. The summed E-state index contributed by atoms with van der Waals surface area (Å²) in [4.78, 5) is 5.72. The van der Waals surface area contributed by atoms with E-state index in [1.165, 1.54) is 23.9 Å². The van der Waals surface area contributed by atoms with Gasteiger partial charge < -0.3 is 10.0 Å². The first-order chi connectivity index (χ1) is 9.73. The molecule has 1 saturated heterocycles. The lowest BCUT2D eigenvalue weighted by atomic mass is 10.0. The van der Waals surface area contributed by atoms with Crippen LogP contribution in [0.3, 0.4) is 0 Å². The minimum Gasteiger partial charge on any atom is -0.366 e. The van der Waals surface area contributed by atoms with Gasteiger partial charge in [0, 0.05) is 12.1 Å². The predicted octanol–water partition coefficient (Wildman–Crippen LogP) is 1.20. The summed E-state index contributed by atoms with van der Waals surface area (Å²) in [7, 11) is -4.01. The molecule has 0 aromatic heterocycles. The second-order valence-corrected chi connectivity index (χ2v) is 8.02. The molecule has 1 fully saturated rings. The van der Waals surface area contributed by atoms with Gasteiger partial charge in [0.2, 0.25) is 10.0 Å². The smallest absolute Gasteiger partial charge is 0.239 e. The standard InChI is InChI=1S/C11H11Cl2N3O3S2/c12-7-4-8(13)9(21(14,18)19)3-6(7)11(17)5-20-10-15-1-2-16(10)11/h3-4,17H,1-2,5H2,(H2,14,18,19). The molecule has 0 radical (unpaired) electrons. The second kappa shape index (κ2) is 5.00. The van der Waals surface area contributed by atoms with E-state index in [2.05, 4.69) is 4.99 Å². The lowest BCUT2D eigenvalue weighted by Crippen LogP contribution is -2.44. The molecule has 6 nitrogen and oxygen atoms in total. The molecule has 0 aliphatic carbocycles. The Labute approximate surface area is 136 Å². The lowest BCUT2D eigenvalue weighted by Gasteiger charge is -2.33. The molecule has 0 saturated carbocycles. The molecule has 1 aromatic rings. The highest BCUT2D eigenvalue weighted by atomic mass is 35.5. The molecule has 21 heavy (non-hydrogen) atoms. The van der Waals surface area contributed by atoms with Crippen LogP contribution < -0.4 is 5.14 Å². The van der Waals surface area contributed by atoms with E-state index in [4.69, 9.17) is 28.3 Å². The SMILES string of the molecule is NS(=O)(=O)c1cc(C2(O)CSC3=NCCN32)c(Cl)cc1Cl. The normalized spacial score (nSPS) is 25.1. The number of rotatable bonds is 2. The fraction of sp³-hybridized carbons (Fsp3) is 0.364. The molecule has 3 N–H and O–H groups in total. The highest BCUT2D eigenvalue weighted by molar-refractivity contribution is 8.14. The molecule has 10 heteroatoms. The third-order valence-corrected chi connectivity index (χ3v) is 6.25. The van der Waals surface area contributed by atoms with Gasteiger partial charge in [-0.1, -0.05) is 35.0 Å². The fourth-order valence-corrected chi connectivity index (χ4v) is 5.11. The largest absolute Gasteiger partial charge is 0.366 e. The van der Waals surface area contributed by atoms with Crippen molar-refractivity contribution in [3.63, 3.8) is 0 Å². The zero-order chi connectivity index (χ0) is 15.4. The minimum atomic E-state index is -4.01. The van der Waals surface area contributed by atoms with Crippen molar-refractivity contribution in [3.05, 3.63) is 27.7 Å². The molecule has 3 rings (SSSR count). The molecular weight excluding hydrogens is 357 g/mol. The summed E-state index contributed by atoms with van der Waals surface area (Å²) >= 11 is 13.4. The van der Waals surface area contributed by atoms with Crippen LogP contribution in [0.2, 0.25) is 10.0 Å². The van der Waals surface area contributed by atoms with Crippen molar-refractivity contribution < 1.29 is 13.5 Å². The van der Waals surface area contributed by atoms with Crippen molar-refractivity contribution in [1.29, 1.82) is 0 Å². The van der Waals surface area contributed by atoms with Gasteiger partial charge in [-0.05, 0) is 12.1 Å². The Bertz CT molecular complexity index is 753. The lowest BCUT2D eigenvalue weighted by molar-refractivity contribution is -0.0426. The van der Waals surface area contributed by atoms with Gasteiger partial charge in [-0.2, -0.15) is 0 Å². The van der Waals surface area contributed by atoms with Crippen LogP contribution in [0.1, 0.15) is 5.56 Å². The first-order valence-corrected chi connectivity index (χ1v) is 9.22. The topological polar surface area (TPSA) is 96.0 Å². The van der Waals surface area contributed by atoms with Crippen LogP contribution in [-0.2, 0) is 15.7 Å². The Kier molecular flexibility index (Phi) is 3.67. The van der Waals surface area contributed by atoms with Gasteiger partial charge in [-0.3, -0.25) is 4.99 Å². The summed E-state index contributed by atoms with van der Waals surface area (Å²) in [5.41, 5.74) is -1.15. The van der Waals surface area contributed by atoms with E-state index < -0.39 is 15.7 Å². The van der Waals surface area contributed by atoms with Gasteiger partial charge in [-0.25, -0.2) is 13.6 Å². The van der Waals surface area contributed by atoms with Gasteiger partial charge in [0.05, 0.1) is 22.3 Å². The Morgan fingerprint density at radius 3 is 2.76 bits per heavy atom. The van der Waals surface area contributed by atoms with Gasteiger partial charge >= 0.3 is 0 Å². The van der Waals surface area contributed by atoms with Crippen molar-refractivity contribution in [2.24, 2.45) is 10.1 Å². The van der Waals surface area contributed by atoms with Crippen molar-refractivity contribution >= 4 is 50.2 Å². The molecule has 0 bridgehead atoms. The van der Waals surface area contributed by atoms with Crippen molar-refractivity contribution in [3.8, 4) is 0 Å². The number of sulfonamides is 1. The molecule has 2 heterocycles. The first kappa shape index (κ1) is 15.4. The summed E-state index contributed by atoms with van der Waals surface area (Å²) in [6, 6.07) is 2.52. The number of thioether (sulfide) groups is 1. The Hall–Kier alpha value is -0.510. The van der Waals surface area contributed by atoms with Gasteiger partial charge in [0.1, 0.15) is 4.90 Å². The molecule has 114 valence electrons. The number of primary sulfonamides is 1.